The zero-order valence-corrected chi connectivity index (χ0v) is 10.5. The van der Waals surface area contributed by atoms with Gasteiger partial charge >= 0.3 is 6.09 Å². The van der Waals surface area contributed by atoms with Crippen molar-refractivity contribution in [3.63, 3.8) is 0 Å². The van der Waals surface area contributed by atoms with Gasteiger partial charge < -0.3 is 15.3 Å². The van der Waals surface area contributed by atoms with Crippen molar-refractivity contribution in [2.75, 3.05) is 0 Å². The van der Waals surface area contributed by atoms with Gasteiger partial charge in [-0.3, -0.25) is 9.78 Å². The van der Waals surface area contributed by atoms with Crippen LogP contribution in [0.1, 0.15) is 11.1 Å². The lowest BCUT2D eigenvalue weighted by Crippen LogP contribution is -2.25. The van der Waals surface area contributed by atoms with E-state index in [1.807, 2.05) is 0 Å². The first kappa shape index (κ1) is 13.6. The molecule has 20 heavy (non-hydrogen) atoms. The molecular weight excluding hydrogens is 262 g/mol. The molecule has 2 heterocycles. The summed E-state index contributed by atoms with van der Waals surface area (Å²) in [6.07, 6.45) is 3.85. The lowest BCUT2D eigenvalue weighted by Gasteiger charge is -2.07. The van der Waals surface area contributed by atoms with E-state index in [1.165, 1.54) is 18.3 Å². The molecular formula is C13H13N3O4. The molecule has 0 bridgehead atoms. The molecule has 0 aliphatic carbocycles. The van der Waals surface area contributed by atoms with Crippen molar-refractivity contribution in [3.8, 4) is 0 Å². The minimum Gasteiger partial charge on any atom is -0.445 e. The Hall–Kier alpha value is -2.83. The lowest BCUT2D eigenvalue weighted by atomic mass is 10.3. The molecule has 104 valence electrons. The number of carbonyl (C=O) groups excluding carboxylic acids is 1. The summed E-state index contributed by atoms with van der Waals surface area (Å²) in [7, 11) is 0. The normalized spacial score (nSPS) is 10.0. The summed E-state index contributed by atoms with van der Waals surface area (Å²) in [5.74, 6) is 0. The van der Waals surface area contributed by atoms with E-state index in [0.29, 0.717) is 10.3 Å². The lowest BCUT2D eigenvalue weighted by molar-refractivity contribution is 0.139. The fourth-order valence-corrected chi connectivity index (χ4v) is 1.48. The molecule has 2 N–H and O–H groups in total. The smallest absolute Gasteiger partial charge is 0.407 e. The summed E-state index contributed by atoms with van der Waals surface area (Å²) in [6, 6.07) is 6.28. The fourth-order valence-electron chi connectivity index (χ4n) is 1.48. The molecule has 0 unspecified atom stereocenters. The number of aromatic nitrogens is 2. The first-order valence-corrected chi connectivity index (χ1v) is 5.85. The highest BCUT2D eigenvalue weighted by Gasteiger charge is 2.03. The zero-order valence-electron chi connectivity index (χ0n) is 10.5. The number of hydrogen-bond donors (Lipinski definition) is 2. The van der Waals surface area contributed by atoms with Crippen molar-refractivity contribution >= 4 is 6.09 Å². The Balaban J connectivity index is 1.80. The Morgan fingerprint density at radius 3 is 2.95 bits per heavy atom. The van der Waals surface area contributed by atoms with E-state index < -0.39 is 11.7 Å². The second-order valence-electron chi connectivity index (χ2n) is 4.01. The van der Waals surface area contributed by atoms with Crippen LogP contribution in [-0.4, -0.2) is 21.0 Å². The average molecular weight is 275 g/mol. The van der Waals surface area contributed by atoms with Crippen LogP contribution in [-0.2, 0) is 17.9 Å². The Kier molecular flexibility index (Phi) is 4.33. The number of ether oxygens (including phenoxy) is 1. The summed E-state index contributed by atoms with van der Waals surface area (Å²) >= 11 is 0. The number of pyridine rings is 2. The van der Waals surface area contributed by atoms with Crippen molar-refractivity contribution in [1.29, 1.82) is 0 Å². The van der Waals surface area contributed by atoms with Crippen LogP contribution < -0.4 is 10.9 Å². The maximum Gasteiger partial charge on any atom is 0.407 e. The predicted molar refractivity (Wildman–Crippen MR) is 69.1 cm³/mol. The highest BCUT2D eigenvalue weighted by Crippen LogP contribution is 1.99. The van der Waals surface area contributed by atoms with Crippen LogP contribution in [0, 0.1) is 0 Å². The van der Waals surface area contributed by atoms with Crippen LogP contribution in [0.5, 0.6) is 0 Å². The topological polar surface area (TPSA) is 93.5 Å². The summed E-state index contributed by atoms with van der Waals surface area (Å²) in [5.41, 5.74) is 0.789. The number of carbonyl (C=O) groups is 1. The molecule has 0 aromatic carbocycles. The molecule has 0 saturated heterocycles. The van der Waals surface area contributed by atoms with Crippen molar-refractivity contribution in [2.45, 2.75) is 13.2 Å². The Bertz CT molecular complexity index is 640. The summed E-state index contributed by atoms with van der Waals surface area (Å²) in [5, 5.41) is 11.5. The van der Waals surface area contributed by atoms with Gasteiger partial charge in [-0.1, -0.05) is 6.07 Å². The SMILES string of the molecule is O=C(NCc1ccn(O)c(=O)c1)OCc1cccnc1. The van der Waals surface area contributed by atoms with Gasteiger partial charge in [-0.25, -0.2) is 4.79 Å². The Labute approximate surface area is 114 Å². The van der Waals surface area contributed by atoms with Gasteiger partial charge in [0.15, 0.2) is 0 Å². The molecule has 2 aromatic rings. The van der Waals surface area contributed by atoms with Gasteiger partial charge in [0.2, 0.25) is 0 Å². The third-order valence-electron chi connectivity index (χ3n) is 2.49. The van der Waals surface area contributed by atoms with Gasteiger partial charge in [-0.2, -0.15) is 4.73 Å². The average Bonchev–Trinajstić information content (AvgIpc) is 2.47. The molecule has 1 amide bonds. The molecule has 0 aliphatic rings. The maximum atomic E-state index is 11.5. The first-order chi connectivity index (χ1) is 9.65. The molecule has 0 spiro atoms. The largest absolute Gasteiger partial charge is 0.445 e. The monoisotopic (exact) mass is 275 g/mol. The van der Waals surface area contributed by atoms with Crippen molar-refractivity contribution in [2.24, 2.45) is 0 Å². The number of nitrogens with one attached hydrogen (secondary N) is 1. The Morgan fingerprint density at radius 2 is 2.25 bits per heavy atom. The number of alkyl carbamates (subject to hydrolysis) is 1. The van der Waals surface area contributed by atoms with Crippen molar-refractivity contribution in [3.05, 3.63) is 64.3 Å². The number of hydrogen-bond acceptors (Lipinski definition) is 5. The number of amides is 1. The van der Waals surface area contributed by atoms with Crippen LogP contribution in [0.4, 0.5) is 4.79 Å². The minimum atomic E-state index is -0.595. The van der Waals surface area contributed by atoms with Crippen molar-refractivity contribution in [1.82, 2.24) is 15.0 Å². The van der Waals surface area contributed by atoms with Gasteiger partial charge in [0.25, 0.3) is 5.56 Å². The standard InChI is InChI=1S/C13H13N3O4/c17-12-6-10(3-5-16(12)19)8-15-13(18)20-9-11-2-1-4-14-7-11/h1-7,19H,8-9H2,(H,15,18). The summed E-state index contributed by atoms with van der Waals surface area (Å²) in [6.45, 7) is 0.264. The third kappa shape index (κ3) is 3.84. The molecule has 7 nitrogen and oxygen atoms in total. The highest BCUT2D eigenvalue weighted by molar-refractivity contribution is 5.67. The molecule has 0 fully saturated rings. The van der Waals surface area contributed by atoms with E-state index in [1.54, 1.807) is 24.5 Å². The number of nitrogens with zero attached hydrogens (tertiary/aromatic N) is 2. The molecule has 0 saturated carbocycles. The van der Waals surface area contributed by atoms with E-state index in [-0.39, 0.29) is 13.2 Å². The van der Waals surface area contributed by atoms with E-state index in [2.05, 4.69) is 10.3 Å². The third-order valence-corrected chi connectivity index (χ3v) is 2.49. The second kappa shape index (κ2) is 6.37. The van der Waals surface area contributed by atoms with Gasteiger partial charge in [0, 0.05) is 36.8 Å². The van der Waals surface area contributed by atoms with E-state index in [9.17, 15) is 9.59 Å². The fraction of sp³-hybridized carbons (Fsp3) is 0.154. The van der Waals surface area contributed by atoms with Crippen LogP contribution in [0.25, 0.3) is 0 Å². The molecule has 0 atom stereocenters. The second-order valence-corrected chi connectivity index (χ2v) is 4.01. The summed E-state index contributed by atoms with van der Waals surface area (Å²) in [4.78, 5) is 26.5. The highest BCUT2D eigenvalue weighted by atomic mass is 16.5. The summed E-state index contributed by atoms with van der Waals surface area (Å²) < 4.78 is 5.44. The molecule has 0 radical (unpaired) electrons. The van der Waals surface area contributed by atoms with E-state index in [0.717, 1.165) is 5.56 Å². The van der Waals surface area contributed by atoms with Crippen LogP contribution in [0.15, 0.2) is 47.7 Å². The van der Waals surface area contributed by atoms with Gasteiger partial charge in [-0.15, -0.1) is 0 Å². The van der Waals surface area contributed by atoms with Crippen LogP contribution in [0.2, 0.25) is 0 Å². The maximum absolute atomic E-state index is 11.5. The molecule has 7 heteroatoms. The van der Waals surface area contributed by atoms with Crippen LogP contribution >= 0.6 is 0 Å². The molecule has 0 aliphatic heterocycles. The van der Waals surface area contributed by atoms with Gasteiger partial charge in [0.1, 0.15) is 6.61 Å². The predicted octanol–water partition coefficient (Wildman–Crippen LogP) is 0.907. The molecule has 2 rings (SSSR count). The van der Waals surface area contributed by atoms with Gasteiger partial charge in [-0.05, 0) is 17.7 Å². The molecule has 2 aromatic heterocycles. The van der Waals surface area contributed by atoms with E-state index in [4.69, 9.17) is 9.94 Å². The zero-order chi connectivity index (χ0) is 14.4. The van der Waals surface area contributed by atoms with Crippen molar-refractivity contribution < 1.29 is 14.7 Å². The number of rotatable bonds is 4. The quantitative estimate of drug-likeness (QED) is 0.809. The van der Waals surface area contributed by atoms with Crippen LogP contribution in [0.3, 0.4) is 0 Å². The minimum absolute atomic E-state index is 0.123. The van der Waals surface area contributed by atoms with E-state index >= 15 is 0 Å². The first-order valence-electron chi connectivity index (χ1n) is 5.85. The van der Waals surface area contributed by atoms with Gasteiger partial charge in [0.05, 0.1) is 0 Å². The Morgan fingerprint density at radius 1 is 1.40 bits per heavy atom.